The summed E-state index contributed by atoms with van der Waals surface area (Å²) in [5.41, 5.74) is 1.21. The molecule has 0 saturated carbocycles. The van der Waals surface area contributed by atoms with E-state index >= 15 is 0 Å². The zero-order chi connectivity index (χ0) is 8.27. The van der Waals surface area contributed by atoms with Crippen LogP contribution < -0.4 is 8.70 Å². The molecule has 0 aromatic heterocycles. The van der Waals surface area contributed by atoms with Crippen LogP contribution in [-0.2, 0) is 6.42 Å². The monoisotopic (exact) mass is 270 g/mol. The van der Waals surface area contributed by atoms with Gasteiger partial charge in [-0.05, 0) is 0 Å². The van der Waals surface area contributed by atoms with Gasteiger partial charge in [-0.25, -0.2) is 0 Å². The fourth-order valence-corrected chi connectivity index (χ4v) is 1.90. The van der Waals surface area contributed by atoms with Crippen molar-refractivity contribution >= 4 is 42.4 Å². The van der Waals surface area contributed by atoms with Gasteiger partial charge >= 0.3 is 84.3 Å². The van der Waals surface area contributed by atoms with Crippen LogP contribution in [0, 0.1) is 0 Å². The Balaban J connectivity index is 2.93. The van der Waals surface area contributed by atoms with Crippen molar-refractivity contribution in [3.63, 3.8) is 0 Å². The van der Waals surface area contributed by atoms with Gasteiger partial charge in [-0.3, -0.25) is 0 Å². The summed E-state index contributed by atoms with van der Waals surface area (Å²) in [6.07, 6.45) is 0.746. The van der Waals surface area contributed by atoms with Crippen LogP contribution in [-0.4, -0.2) is 45.4 Å². The molecule has 0 amide bonds. The molecule has 0 heterocycles. The van der Waals surface area contributed by atoms with Crippen molar-refractivity contribution < 1.29 is 5.11 Å². The summed E-state index contributed by atoms with van der Waals surface area (Å²) in [7, 11) is 0. The first-order valence-electron chi connectivity index (χ1n) is 3.36. The Morgan fingerprint density at radius 3 is 2.64 bits per heavy atom. The molecule has 0 fully saturated rings. The van der Waals surface area contributed by atoms with E-state index in [4.69, 9.17) is 5.11 Å². The molecule has 56 valence electrons. The topological polar surface area (TPSA) is 20.2 Å². The van der Waals surface area contributed by atoms with Crippen molar-refractivity contribution in [2.75, 3.05) is 6.61 Å². The zero-order valence-corrected chi connectivity index (χ0v) is 9.74. The Kier molecular flexibility index (Phi) is 3.71. The second kappa shape index (κ2) is 4.35. The predicted octanol–water partition coefficient (Wildman–Crippen LogP) is -1.19. The Bertz CT molecular complexity index is 248. The Morgan fingerprint density at radius 1 is 1.27 bits per heavy atom. The maximum atomic E-state index is 8.72. The van der Waals surface area contributed by atoms with Gasteiger partial charge in [0.25, 0.3) is 0 Å². The Hall–Kier alpha value is 0.297. The van der Waals surface area contributed by atoms with E-state index < -0.39 is 0 Å². The van der Waals surface area contributed by atoms with E-state index in [-0.39, 0.29) is 6.61 Å². The van der Waals surface area contributed by atoms with Crippen LogP contribution in [0.4, 0.5) is 0 Å². The quantitative estimate of drug-likeness (QED) is 0.670. The second-order valence-corrected chi connectivity index (χ2v) is 4.38. The average Bonchev–Trinajstić information content (AvgIpc) is 1.98. The van der Waals surface area contributed by atoms with Gasteiger partial charge in [0.15, 0.2) is 0 Å². The molecule has 0 saturated heterocycles. The van der Waals surface area contributed by atoms with E-state index in [1.807, 2.05) is 0 Å². The molecule has 1 nitrogen and oxygen atoms in total. The van der Waals surface area contributed by atoms with Crippen LogP contribution in [0.1, 0.15) is 5.56 Å². The predicted molar refractivity (Wildman–Crippen MR) is 48.0 cm³/mol. The van der Waals surface area contributed by atoms with Crippen LogP contribution >= 0.6 is 0 Å². The number of hydrogen-bond acceptors (Lipinski definition) is 1. The molecule has 0 bridgehead atoms. The van der Waals surface area contributed by atoms with E-state index in [1.165, 1.54) is 14.3 Å². The Morgan fingerprint density at radius 2 is 2.00 bits per heavy atom. The van der Waals surface area contributed by atoms with Gasteiger partial charge in [0.1, 0.15) is 0 Å². The van der Waals surface area contributed by atoms with Gasteiger partial charge in [0.2, 0.25) is 0 Å². The maximum absolute atomic E-state index is 8.72. The average molecular weight is 270 g/mol. The molecule has 4 radical (unpaired) electrons. The molecule has 1 aromatic carbocycles. The van der Waals surface area contributed by atoms with Crippen LogP contribution in [0.2, 0.25) is 0 Å². The summed E-state index contributed by atoms with van der Waals surface area (Å²) in [6, 6.07) is 6.19. The van der Waals surface area contributed by atoms with E-state index in [0.717, 1.165) is 6.42 Å². The Labute approximate surface area is 84.2 Å². The first-order valence-corrected chi connectivity index (χ1v) is 5.23. The van der Waals surface area contributed by atoms with Crippen LogP contribution in [0.25, 0.3) is 0 Å². The molecule has 11 heavy (non-hydrogen) atoms. The zero-order valence-electron chi connectivity index (χ0n) is 5.99. The van der Waals surface area contributed by atoms with E-state index in [9.17, 15) is 0 Å². The van der Waals surface area contributed by atoms with Gasteiger partial charge in [-0.15, -0.1) is 0 Å². The third kappa shape index (κ3) is 2.67. The first kappa shape index (κ1) is 9.39. The van der Waals surface area contributed by atoms with E-state index in [0.29, 0.717) is 0 Å². The van der Waals surface area contributed by atoms with Crippen molar-refractivity contribution in [2.24, 2.45) is 0 Å². The van der Waals surface area contributed by atoms with Crippen LogP contribution in [0.5, 0.6) is 0 Å². The van der Waals surface area contributed by atoms with Gasteiger partial charge < -0.3 is 0 Å². The molecule has 0 aliphatic heterocycles. The van der Waals surface area contributed by atoms with Crippen molar-refractivity contribution in [2.45, 2.75) is 6.42 Å². The van der Waals surface area contributed by atoms with Crippen molar-refractivity contribution in [3.8, 4) is 0 Å². The molecule has 0 aliphatic carbocycles. The third-order valence-electron chi connectivity index (χ3n) is 1.44. The third-order valence-corrected chi connectivity index (χ3v) is 2.94. The molecule has 0 atom stereocenters. The molecule has 0 spiro atoms. The summed E-state index contributed by atoms with van der Waals surface area (Å²) >= 11 is 5.02. The van der Waals surface area contributed by atoms with Crippen molar-refractivity contribution in [1.29, 1.82) is 0 Å². The fourth-order valence-electron chi connectivity index (χ4n) is 0.893. The number of aliphatic hydroxyl groups is 1. The number of aliphatic hydroxyl groups excluding tert-OH is 1. The minimum absolute atomic E-state index is 0.223. The SMILES string of the molecule is OCCc1cc([As])ccc1[As]. The molecule has 3 heteroatoms. The normalized spacial score (nSPS) is 10.1. The van der Waals surface area contributed by atoms with Gasteiger partial charge in [-0.1, -0.05) is 0 Å². The summed E-state index contributed by atoms with van der Waals surface area (Å²) < 4.78 is 2.39. The van der Waals surface area contributed by atoms with Gasteiger partial charge in [0.05, 0.1) is 0 Å². The first-order chi connectivity index (χ1) is 5.24. The van der Waals surface area contributed by atoms with Gasteiger partial charge in [0, 0.05) is 0 Å². The van der Waals surface area contributed by atoms with E-state index in [1.54, 1.807) is 0 Å². The number of rotatable bonds is 2. The van der Waals surface area contributed by atoms with Crippen molar-refractivity contribution in [1.82, 2.24) is 0 Å². The molecule has 1 rings (SSSR count). The van der Waals surface area contributed by atoms with Crippen molar-refractivity contribution in [3.05, 3.63) is 23.8 Å². The number of hydrogen-bond donors (Lipinski definition) is 1. The molecular weight excluding hydrogens is 262 g/mol. The summed E-state index contributed by atoms with van der Waals surface area (Å²) in [6.45, 7) is 0.223. The fraction of sp³-hybridized carbons (Fsp3) is 0.250. The molecule has 1 aromatic rings. The number of benzene rings is 1. The summed E-state index contributed by atoms with van der Waals surface area (Å²) in [5.74, 6) is 0. The minimum atomic E-state index is 0.223. The van der Waals surface area contributed by atoms with E-state index in [2.05, 4.69) is 51.9 Å². The van der Waals surface area contributed by atoms with Crippen LogP contribution in [0.3, 0.4) is 0 Å². The molecule has 0 unspecified atom stereocenters. The standard InChI is InChI=1S/C8H8As2O/c9-7-1-2-8(10)6(5-7)3-4-11/h1-2,5,11H,3-4H2. The van der Waals surface area contributed by atoms with Gasteiger partial charge in [-0.2, -0.15) is 0 Å². The molecule has 1 N–H and O–H groups in total. The molecular formula is C8H8As2O. The second-order valence-electron chi connectivity index (χ2n) is 2.29. The summed E-state index contributed by atoms with van der Waals surface area (Å²) in [4.78, 5) is 0. The molecule has 0 aliphatic rings. The van der Waals surface area contributed by atoms with Crippen LogP contribution in [0.15, 0.2) is 18.2 Å². The summed E-state index contributed by atoms with van der Waals surface area (Å²) in [5, 5.41) is 8.72.